The second kappa shape index (κ2) is 7.55. The lowest BCUT2D eigenvalue weighted by molar-refractivity contribution is -0.141. The average Bonchev–Trinajstić information content (AvgIpc) is 2.83. The lowest BCUT2D eigenvalue weighted by atomic mass is 10.1. The van der Waals surface area contributed by atoms with Crippen LogP contribution in [0.3, 0.4) is 0 Å². The van der Waals surface area contributed by atoms with E-state index >= 15 is 0 Å². The van der Waals surface area contributed by atoms with Gasteiger partial charge in [-0.1, -0.05) is 13.8 Å². The molecular formula is C14H23N3O3S. The predicted octanol–water partition coefficient (Wildman–Crippen LogP) is 2.21. The molecule has 0 aliphatic carbocycles. The van der Waals surface area contributed by atoms with Crippen molar-refractivity contribution in [2.24, 2.45) is 5.92 Å². The van der Waals surface area contributed by atoms with Crippen LogP contribution in [0.4, 0.5) is 4.79 Å². The second-order valence-corrected chi connectivity index (χ2v) is 6.86. The summed E-state index contributed by atoms with van der Waals surface area (Å²) in [6, 6.07) is 0.887. The molecule has 21 heavy (non-hydrogen) atoms. The summed E-state index contributed by atoms with van der Waals surface area (Å²) in [6.07, 6.45) is 0.245. The summed E-state index contributed by atoms with van der Waals surface area (Å²) in [7, 11) is 0. The van der Waals surface area contributed by atoms with Crippen LogP contribution in [0.5, 0.6) is 0 Å². The number of carbonyl (C=O) groups excluding carboxylic acids is 1. The number of thioether (sulfide) groups is 1. The number of rotatable bonds is 5. The van der Waals surface area contributed by atoms with Gasteiger partial charge < -0.3 is 10.0 Å². The van der Waals surface area contributed by atoms with Gasteiger partial charge in [0.1, 0.15) is 6.04 Å². The fourth-order valence-electron chi connectivity index (χ4n) is 2.37. The Morgan fingerprint density at radius 1 is 1.43 bits per heavy atom. The Kier molecular flexibility index (Phi) is 6.34. The van der Waals surface area contributed by atoms with E-state index < -0.39 is 12.0 Å². The van der Waals surface area contributed by atoms with E-state index in [1.807, 2.05) is 33.8 Å². The van der Waals surface area contributed by atoms with Gasteiger partial charge in [0, 0.05) is 18.3 Å². The van der Waals surface area contributed by atoms with Crippen molar-refractivity contribution in [3.63, 3.8) is 0 Å². The molecular weight excluding hydrogens is 290 g/mol. The number of carboxylic acids is 1. The molecule has 1 aliphatic heterocycles. The van der Waals surface area contributed by atoms with Gasteiger partial charge in [-0.2, -0.15) is 5.26 Å². The van der Waals surface area contributed by atoms with Crippen LogP contribution in [-0.2, 0) is 4.79 Å². The van der Waals surface area contributed by atoms with Crippen LogP contribution >= 0.6 is 11.8 Å². The topological polar surface area (TPSA) is 84.6 Å². The molecule has 0 radical (unpaired) electrons. The summed E-state index contributed by atoms with van der Waals surface area (Å²) < 4.78 is 0. The number of nitrogens with zero attached hydrogens (tertiary/aromatic N) is 3. The zero-order valence-electron chi connectivity index (χ0n) is 12.9. The van der Waals surface area contributed by atoms with Gasteiger partial charge >= 0.3 is 12.0 Å². The minimum absolute atomic E-state index is 0.0706. The van der Waals surface area contributed by atoms with E-state index in [4.69, 9.17) is 5.26 Å². The van der Waals surface area contributed by atoms with Crippen molar-refractivity contribution in [3.05, 3.63) is 0 Å². The zero-order chi connectivity index (χ0) is 16.2. The summed E-state index contributed by atoms with van der Waals surface area (Å²) in [5.41, 5.74) is 0. The maximum atomic E-state index is 12.8. The maximum absolute atomic E-state index is 12.8. The van der Waals surface area contributed by atoms with Gasteiger partial charge in [0.05, 0.1) is 17.9 Å². The van der Waals surface area contributed by atoms with Crippen molar-refractivity contribution in [2.45, 2.75) is 51.6 Å². The molecule has 118 valence electrons. The number of aliphatic carboxylic acids is 1. The van der Waals surface area contributed by atoms with Crippen LogP contribution in [0, 0.1) is 17.2 Å². The van der Waals surface area contributed by atoms with Crippen molar-refractivity contribution in [1.29, 1.82) is 5.26 Å². The van der Waals surface area contributed by atoms with Crippen LogP contribution < -0.4 is 0 Å². The number of carboxylic acid groups (broad SMARTS) is 1. The van der Waals surface area contributed by atoms with Gasteiger partial charge in [-0.15, -0.1) is 11.8 Å². The minimum atomic E-state index is -0.969. The van der Waals surface area contributed by atoms with E-state index in [-0.39, 0.29) is 29.8 Å². The third-order valence-corrected chi connectivity index (χ3v) is 5.07. The molecule has 1 N–H and O–H groups in total. The van der Waals surface area contributed by atoms with Crippen LogP contribution in [0.15, 0.2) is 0 Å². The standard InChI is InChI=1S/C14H23N3O3S/c1-9(2)12-17(11(8-21-12)13(18)19)14(20)16(10(3)4)7-5-6-15/h9-12H,5,7-8H2,1-4H3,(H,18,19). The highest BCUT2D eigenvalue weighted by Crippen LogP contribution is 2.35. The molecule has 1 heterocycles. The molecule has 0 saturated carbocycles. The number of nitriles is 1. The van der Waals surface area contributed by atoms with Gasteiger partial charge in [0.25, 0.3) is 0 Å². The molecule has 6 nitrogen and oxygen atoms in total. The van der Waals surface area contributed by atoms with Crippen molar-refractivity contribution >= 4 is 23.8 Å². The third kappa shape index (κ3) is 4.03. The van der Waals surface area contributed by atoms with Crippen molar-refractivity contribution in [2.75, 3.05) is 12.3 Å². The van der Waals surface area contributed by atoms with Crippen LogP contribution in [0.1, 0.15) is 34.1 Å². The largest absolute Gasteiger partial charge is 0.480 e. The summed E-state index contributed by atoms with van der Waals surface area (Å²) in [6.45, 7) is 8.04. The highest BCUT2D eigenvalue weighted by atomic mass is 32.2. The summed E-state index contributed by atoms with van der Waals surface area (Å²) >= 11 is 1.51. The third-order valence-electron chi connectivity index (χ3n) is 3.44. The fraction of sp³-hybridized carbons (Fsp3) is 0.786. The lowest BCUT2D eigenvalue weighted by Crippen LogP contribution is -2.54. The van der Waals surface area contributed by atoms with Crippen molar-refractivity contribution < 1.29 is 14.7 Å². The molecule has 1 rings (SSSR count). The van der Waals surface area contributed by atoms with E-state index in [2.05, 4.69) is 0 Å². The normalized spacial score (nSPS) is 21.7. The Balaban J connectivity index is 3.01. The van der Waals surface area contributed by atoms with Gasteiger partial charge in [-0.3, -0.25) is 4.90 Å². The summed E-state index contributed by atoms with van der Waals surface area (Å²) in [5, 5.41) is 17.9. The van der Waals surface area contributed by atoms with E-state index in [9.17, 15) is 14.7 Å². The molecule has 0 aromatic rings. The number of hydrogen-bond donors (Lipinski definition) is 1. The average molecular weight is 313 g/mol. The molecule has 2 unspecified atom stereocenters. The van der Waals surface area contributed by atoms with E-state index in [0.29, 0.717) is 12.3 Å². The van der Waals surface area contributed by atoms with Crippen LogP contribution in [-0.4, -0.2) is 56.7 Å². The molecule has 0 aromatic carbocycles. The van der Waals surface area contributed by atoms with E-state index in [1.165, 1.54) is 16.7 Å². The number of carbonyl (C=O) groups is 2. The smallest absolute Gasteiger partial charge is 0.327 e. The lowest BCUT2D eigenvalue weighted by Gasteiger charge is -2.36. The first-order chi connectivity index (χ1) is 9.81. The predicted molar refractivity (Wildman–Crippen MR) is 81.8 cm³/mol. The van der Waals surface area contributed by atoms with Crippen molar-refractivity contribution in [1.82, 2.24) is 9.80 Å². The summed E-state index contributed by atoms with van der Waals surface area (Å²) in [5.74, 6) is -0.384. The second-order valence-electron chi connectivity index (χ2n) is 5.71. The zero-order valence-corrected chi connectivity index (χ0v) is 13.8. The minimum Gasteiger partial charge on any atom is -0.480 e. The fourth-order valence-corrected chi connectivity index (χ4v) is 3.83. The summed E-state index contributed by atoms with van der Waals surface area (Å²) in [4.78, 5) is 27.3. The van der Waals surface area contributed by atoms with Gasteiger partial charge in [0.15, 0.2) is 0 Å². The molecule has 7 heteroatoms. The molecule has 2 atom stereocenters. The molecule has 0 spiro atoms. The Bertz CT molecular complexity index is 434. The molecule has 2 amide bonds. The van der Waals surface area contributed by atoms with Gasteiger partial charge in [0.2, 0.25) is 0 Å². The van der Waals surface area contributed by atoms with Gasteiger partial charge in [-0.05, 0) is 19.8 Å². The molecule has 0 bridgehead atoms. The molecule has 1 saturated heterocycles. The Morgan fingerprint density at radius 3 is 2.48 bits per heavy atom. The van der Waals surface area contributed by atoms with Gasteiger partial charge in [-0.25, -0.2) is 9.59 Å². The highest BCUT2D eigenvalue weighted by Gasteiger charge is 2.44. The first-order valence-electron chi connectivity index (χ1n) is 7.11. The number of hydrogen-bond acceptors (Lipinski definition) is 4. The number of amides is 2. The Labute approximate surface area is 130 Å². The highest BCUT2D eigenvalue weighted by molar-refractivity contribution is 8.00. The van der Waals surface area contributed by atoms with Crippen molar-refractivity contribution in [3.8, 4) is 6.07 Å². The maximum Gasteiger partial charge on any atom is 0.327 e. The number of urea groups is 1. The van der Waals surface area contributed by atoms with Crippen LogP contribution in [0.2, 0.25) is 0 Å². The quantitative estimate of drug-likeness (QED) is 0.841. The SMILES string of the molecule is CC(C)C1SCC(C(=O)O)N1C(=O)N(CCC#N)C(C)C. The van der Waals surface area contributed by atoms with E-state index in [0.717, 1.165) is 0 Å². The first kappa shape index (κ1) is 17.6. The first-order valence-corrected chi connectivity index (χ1v) is 8.16. The molecule has 1 aliphatic rings. The van der Waals surface area contributed by atoms with Crippen LogP contribution in [0.25, 0.3) is 0 Å². The molecule has 1 fully saturated rings. The van der Waals surface area contributed by atoms with E-state index in [1.54, 1.807) is 4.90 Å². The Hall–Kier alpha value is -1.42. The molecule has 0 aromatic heterocycles. The Morgan fingerprint density at radius 2 is 2.05 bits per heavy atom. The monoisotopic (exact) mass is 313 g/mol.